The number of amides is 2. The number of halogens is 1. The fourth-order valence-corrected chi connectivity index (χ4v) is 3.23. The lowest BCUT2D eigenvalue weighted by Gasteiger charge is -2.27. The van der Waals surface area contributed by atoms with Crippen LogP contribution in [0.15, 0.2) is 71.3 Å². The lowest BCUT2D eigenvalue weighted by Crippen LogP contribution is -2.43. The Balaban J connectivity index is 1.78. The first-order valence-electron chi connectivity index (χ1n) is 10.4. The second-order valence-corrected chi connectivity index (χ2v) is 7.54. The average Bonchev–Trinajstić information content (AvgIpc) is 3.30. The SMILES string of the molecule is COCCN(CC(=O)N(Cc1ccc(F)cc1)Cc1ccco1)C(=O)c1ccc(C)cc1. The van der Waals surface area contributed by atoms with Gasteiger partial charge in [0.25, 0.3) is 5.91 Å². The second kappa shape index (κ2) is 11.2. The van der Waals surface area contributed by atoms with Crippen LogP contribution in [-0.4, -0.2) is 48.4 Å². The van der Waals surface area contributed by atoms with Gasteiger partial charge in [-0.2, -0.15) is 0 Å². The Kier molecular flexibility index (Phi) is 8.16. The third-order valence-electron chi connectivity index (χ3n) is 5.04. The highest BCUT2D eigenvalue weighted by molar-refractivity contribution is 5.96. The summed E-state index contributed by atoms with van der Waals surface area (Å²) >= 11 is 0. The molecule has 0 fully saturated rings. The van der Waals surface area contributed by atoms with Crippen molar-refractivity contribution in [1.82, 2.24) is 9.80 Å². The summed E-state index contributed by atoms with van der Waals surface area (Å²) in [6.45, 7) is 2.91. The van der Waals surface area contributed by atoms with Crippen LogP contribution in [0.3, 0.4) is 0 Å². The first-order chi connectivity index (χ1) is 15.5. The molecule has 0 aliphatic carbocycles. The molecule has 0 atom stereocenters. The predicted molar refractivity (Wildman–Crippen MR) is 118 cm³/mol. The van der Waals surface area contributed by atoms with Gasteiger partial charge in [-0.15, -0.1) is 0 Å². The molecule has 3 rings (SSSR count). The maximum absolute atomic E-state index is 13.3. The van der Waals surface area contributed by atoms with Crippen molar-refractivity contribution in [1.29, 1.82) is 0 Å². The van der Waals surface area contributed by atoms with E-state index in [1.165, 1.54) is 17.0 Å². The summed E-state index contributed by atoms with van der Waals surface area (Å²) in [6, 6.07) is 16.8. The van der Waals surface area contributed by atoms with E-state index in [0.717, 1.165) is 11.1 Å². The molecule has 3 aromatic rings. The molecule has 1 heterocycles. The molecule has 6 nitrogen and oxygen atoms in total. The third kappa shape index (κ3) is 6.52. The van der Waals surface area contributed by atoms with Crippen molar-refractivity contribution < 1.29 is 23.1 Å². The van der Waals surface area contributed by atoms with Crippen LogP contribution in [0.5, 0.6) is 0 Å². The Labute approximate surface area is 187 Å². The van der Waals surface area contributed by atoms with Gasteiger partial charge in [-0.05, 0) is 48.9 Å². The van der Waals surface area contributed by atoms with Crippen molar-refractivity contribution in [2.45, 2.75) is 20.0 Å². The van der Waals surface area contributed by atoms with Crippen LogP contribution in [0.1, 0.15) is 27.2 Å². The quantitative estimate of drug-likeness (QED) is 0.479. The molecule has 0 aliphatic heterocycles. The zero-order valence-corrected chi connectivity index (χ0v) is 18.3. The minimum atomic E-state index is -0.341. The van der Waals surface area contributed by atoms with E-state index in [1.807, 2.05) is 19.1 Å². The number of rotatable bonds is 10. The van der Waals surface area contributed by atoms with Crippen LogP contribution in [0.2, 0.25) is 0 Å². The van der Waals surface area contributed by atoms with Crippen LogP contribution in [0.4, 0.5) is 4.39 Å². The molecule has 0 saturated carbocycles. The zero-order chi connectivity index (χ0) is 22.9. The summed E-state index contributed by atoms with van der Waals surface area (Å²) in [7, 11) is 1.55. The van der Waals surface area contributed by atoms with E-state index < -0.39 is 0 Å². The number of benzene rings is 2. The average molecular weight is 438 g/mol. The van der Waals surface area contributed by atoms with E-state index >= 15 is 0 Å². The standard InChI is InChI=1S/C25H27FN2O4/c1-19-5-9-21(10-6-19)25(30)27(13-15-31-2)18-24(29)28(17-23-4-3-14-32-23)16-20-7-11-22(26)12-8-20/h3-12,14H,13,15-18H2,1-2H3. The van der Waals surface area contributed by atoms with E-state index in [-0.39, 0.29) is 43.8 Å². The van der Waals surface area contributed by atoms with Gasteiger partial charge in [0.15, 0.2) is 0 Å². The maximum atomic E-state index is 13.3. The van der Waals surface area contributed by atoms with E-state index in [2.05, 4.69) is 0 Å². The van der Waals surface area contributed by atoms with Crippen molar-refractivity contribution in [2.75, 3.05) is 26.8 Å². The van der Waals surface area contributed by atoms with Gasteiger partial charge in [0.2, 0.25) is 5.91 Å². The Morgan fingerprint density at radius 3 is 2.31 bits per heavy atom. The smallest absolute Gasteiger partial charge is 0.254 e. The highest BCUT2D eigenvalue weighted by Gasteiger charge is 2.23. The normalized spacial score (nSPS) is 10.7. The highest BCUT2D eigenvalue weighted by atomic mass is 19.1. The van der Waals surface area contributed by atoms with Crippen LogP contribution in [-0.2, 0) is 22.6 Å². The third-order valence-corrected chi connectivity index (χ3v) is 5.04. The molecular formula is C25H27FN2O4. The number of hydrogen-bond donors (Lipinski definition) is 0. The van der Waals surface area contributed by atoms with Gasteiger partial charge in [0, 0.05) is 25.8 Å². The van der Waals surface area contributed by atoms with Gasteiger partial charge in [0.1, 0.15) is 18.1 Å². The molecule has 7 heteroatoms. The molecule has 2 aromatic carbocycles. The van der Waals surface area contributed by atoms with E-state index in [0.29, 0.717) is 17.9 Å². The molecule has 0 saturated heterocycles. The number of hydrogen-bond acceptors (Lipinski definition) is 4. The van der Waals surface area contributed by atoms with Crippen LogP contribution in [0.25, 0.3) is 0 Å². The van der Waals surface area contributed by atoms with Crippen molar-refractivity contribution in [3.63, 3.8) is 0 Å². The monoisotopic (exact) mass is 438 g/mol. The van der Waals surface area contributed by atoms with E-state index in [9.17, 15) is 14.0 Å². The molecule has 0 N–H and O–H groups in total. The van der Waals surface area contributed by atoms with E-state index in [1.54, 1.807) is 54.7 Å². The van der Waals surface area contributed by atoms with Gasteiger partial charge < -0.3 is 19.0 Å². The van der Waals surface area contributed by atoms with Crippen LogP contribution < -0.4 is 0 Å². The molecule has 0 aliphatic rings. The zero-order valence-electron chi connectivity index (χ0n) is 18.3. The number of aryl methyl sites for hydroxylation is 1. The Morgan fingerprint density at radius 2 is 1.69 bits per heavy atom. The largest absolute Gasteiger partial charge is 0.467 e. The number of furan rings is 1. The summed E-state index contributed by atoms with van der Waals surface area (Å²) in [5.41, 5.74) is 2.33. The van der Waals surface area contributed by atoms with Gasteiger partial charge in [-0.3, -0.25) is 9.59 Å². The molecule has 32 heavy (non-hydrogen) atoms. The second-order valence-electron chi connectivity index (χ2n) is 7.54. The van der Waals surface area contributed by atoms with Crippen molar-refractivity contribution in [3.05, 3.63) is 95.2 Å². The van der Waals surface area contributed by atoms with Gasteiger partial charge in [-0.25, -0.2) is 4.39 Å². The van der Waals surface area contributed by atoms with Crippen molar-refractivity contribution in [2.24, 2.45) is 0 Å². The lowest BCUT2D eigenvalue weighted by atomic mass is 10.1. The summed E-state index contributed by atoms with van der Waals surface area (Å²) in [5.74, 6) is -0.210. The highest BCUT2D eigenvalue weighted by Crippen LogP contribution is 2.14. The number of nitrogens with zero attached hydrogens (tertiary/aromatic N) is 2. The topological polar surface area (TPSA) is 63.0 Å². The molecule has 168 valence electrons. The fraction of sp³-hybridized carbons (Fsp3) is 0.280. The summed E-state index contributed by atoms with van der Waals surface area (Å²) in [4.78, 5) is 29.4. The van der Waals surface area contributed by atoms with Crippen molar-refractivity contribution in [3.8, 4) is 0 Å². The Hall–Kier alpha value is -3.45. The van der Waals surface area contributed by atoms with Crippen LogP contribution in [0, 0.1) is 12.7 Å². The molecule has 0 bridgehead atoms. The number of carbonyl (C=O) groups excluding carboxylic acids is 2. The van der Waals surface area contributed by atoms with Gasteiger partial charge in [-0.1, -0.05) is 29.8 Å². The predicted octanol–water partition coefficient (Wildman–Crippen LogP) is 4.04. The first kappa shape index (κ1) is 23.2. The minimum Gasteiger partial charge on any atom is -0.467 e. The summed E-state index contributed by atoms with van der Waals surface area (Å²) < 4.78 is 23.9. The molecule has 2 amide bonds. The molecule has 0 radical (unpaired) electrons. The Morgan fingerprint density at radius 1 is 0.969 bits per heavy atom. The lowest BCUT2D eigenvalue weighted by molar-refractivity contribution is -0.133. The minimum absolute atomic E-state index is 0.113. The summed E-state index contributed by atoms with van der Waals surface area (Å²) in [6.07, 6.45) is 1.54. The molecule has 1 aromatic heterocycles. The fourth-order valence-electron chi connectivity index (χ4n) is 3.23. The van der Waals surface area contributed by atoms with E-state index in [4.69, 9.17) is 9.15 Å². The Bertz CT molecular complexity index is 1000. The first-order valence-corrected chi connectivity index (χ1v) is 10.4. The van der Waals surface area contributed by atoms with Crippen LogP contribution >= 0.6 is 0 Å². The number of ether oxygens (including phenoxy) is 1. The summed E-state index contributed by atoms with van der Waals surface area (Å²) in [5, 5.41) is 0. The number of methoxy groups -OCH3 is 1. The molecule has 0 spiro atoms. The van der Waals surface area contributed by atoms with Gasteiger partial charge >= 0.3 is 0 Å². The maximum Gasteiger partial charge on any atom is 0.254 e. The number of carbonyl (C=O) groups is 2. The molecule has 0 unspecified atom stereocenters. The van der Waals surface area contributed by atoms with Gasteiger partial charge in [0.05, 0.1) is 19.4 Å². The molecular weight excluding hydrogens is 411 g/mol. The van der Waals surface area contributed by atoms with Crippen molar-refractivity contribution >= 4 is 11.8 Å².